The molecule has 0 aliphatic heterocycles. The number of nitrogens with zero attached hydrogens (tertiary/aromatic N) is 5. The molecule has 4 aromatic heterocycles. The summed E-state index contributed by atoms with van der Waals surface area (Å²) >= 11 is 0. The van der Waals surface area contributed by atoms with Gasteiger partial charge in [-0.05, 0) is 83.9 Å². The van der Waals surface area contributed by atoms with Gasteiger partial charge in [-0.1, -0.05) is 121 Å². The molecule has 0 saturated carbocycles. The molecule has 56 heavy (non-hydrogen) atoms. The minimum atomic E-state index is 0.694. The molecule has 7 aromatic carbocycles. The summed E-state index contributed by atoms with van der Waals surface area (Å²) in [5, 5.41) is 4.76. The standard InChI is InChI=1S/C51H33N5/c1-4-14-34(15-5-1)44-33-45(35-16-6-2-7-17-35)54-50(53-44)36-25-28-39(29-26-36)55-46-23-11-10-20-43(46)49-40(21-12-24-47(49)55)37-27-30-41-42-22-13-31-52-51(42)56(48(41)32-37)38-18-8-3-9-19-38/h1-33H. The van der Waals surface area contributed by atoms with E-state index in [1.54, 1.807) is 0 Å². The van der Waals surface area contributed by atoms with Crippen LogP contribution in [0.25, 0.3) is 100 Å². The first kappa shape index (κ1) is 31.9. The van der Waals surface area contributed by atoms with Gasteiger partial charge >= 0.3 is 0 Å². The van der Waals surface area contributed by atoms with Gasteiger partial charge in [0.25, 0.3) is 0 Å². The summed E-state index contributed by atoms with van der Waals surface area (Å²) in [7, 11) is 0. The fourth-order valence-electron chi connectivity index (χ4n) is 8.24. The average Bonchev–Trinajstić information content (AvgIpc) is 3.80. The maximum atomic E-state index is 5.07. The van der Waals surface area contributed by atoms with Crippen LogP contribution in [0.5, 0.6) is 0 Å². The molecule has 0 saturated heterocycles. The van der Waals surface area contributed by atoms with E-state index in [4.69, 9.17) is 15.0 Å². The average molecular weight is 716 g/mol. The summed E-state index contributed by atoms with van der Waals surface area (Å²) in [5.74, 6) is 0.694. The summed E-state index contributed by atoms with van der Waals surface area (Å²) < 4.78 is 4.65. The van der Waals surface area contributed by atoms with Gasteiger partial charge in [-0.2, -0.15) is 0 Å². The van der Waals surface area contributed by atoms with Gasteiger partial charge in [-0.15, -0.1) is 0 Å². The normalized spacial score (nSPS) is 11.6. The predicted molar refractivity (Wildman–Crippen MR) is 230 cm³/mol. The lowest BCUT2D eigenvalue weighted by Gasteiger charge is -2.12. The van der Waals surface area contributed by atoms with Gasteiger partial charge in [-0.3, -0.25) is 4.57 Å². The Morgan fingerprint density at radius 1 is 0.357 bits per heavy atom. The van der Waals surface area contributed by atoms with Gasteiger partial charge in [0.15, 0.2) is 5.82 Å². The van der Waals surface area contributed by atoms with Crippen molar-refractivity contribution in [3.05, 3.63) is 200 Å². The smallest absolute Gasteiger partial charge is 0.160 e. The topological polar surface area (TPSA) is 48.5 Å². The monoisotopic (exact) mass is 715 g/mol. The molecule has 0 radical (unpaired) electrons. The number of hydrogen-bond acceptors (Lipinski definition) is 3. The van der Waals surface area contributed by atoms with Crippen LogP contribution in [-0.2, 0) is 0 Å². The van der Waals surface area contributed by atoms with E-state index in [0.717, 1.165) is 72.6 Å². The number of para-hydroxylation sites is 2. The van der Waals surface area contributed by atoms with Gasteiger partial charge in [0, 0.05) is 55.8 Å². The first-order valence-corrected chi connectivity index (χ1v) is 18.9. The number of pyridine rings is 1. The quantitative estimate of drug-likeness (QED) is 0.172. The van der Waals surface area contributed by atoms with E-state index in [2.05, 4.69) is 161 Å². The van der Waals surface area contributed by atoms with Crippen LogP contribution in [0.1, 0.15) is 0 Å². The van der Waals surface area contributed by atoms with Crippen LogP contribution in [0.15, 0.2) is 200 Å². The van der Waals surface area contributed by atoms with Crippen LogP contribution in [0.3, 0.4) is 0 Å². The maximum absolute atomic E-state index is 5.07. The largest absolute Gasteiger partial charge is 0.309 e. The van der Waals surface area contributed by atoms with Crippen LogP contribution >= 0.6 is 0 Å². The molecule has 5 heteroatoms. The van der Waals surface area contributed by atoms with Crippen molar-refractivity contribution >= 4 is 43.7 Å². The zero-order valence-corrected chi connectivity index (χ0v) is 30.3. The van der Waals surface area contributed by atoms with Crippen molar-refractivity contribution in [1.29, 1.82) is 0 Å². The second-order valence-electron chi connectivity index (χ2n) is 14.1. The summed E-state index contributed by atoms with van der Waals surface area (Å²) in [6.07, 6.45) is 1.88. The third kappa shape index (κ3) is 5.21. The van der Waals surface area contributed by atoms with Gasteiger partial charge in [0.05, 0.1) is 27.9 Å². The minimum absolute atomic E-state index is 0.694. The number of benzene rings is 7. The number of aromatic nitrogens is 5. The molecule has 0 unspecified atom stereocenters. The van der Waals surface area contributed by atoms with E-state index in [-0.39, 0.29) is 0 Å². The zero-order valence-electron chi connectivity index (χ0n) is 30.3. The zero-order chi connectivity index (χ0) is 37.0. The molecule has 11 aromatic rings. The first-order chi connectivity index (χ1) is 27.8. The highest BCUT2D eigenvalue weighted by molar-refractivity contribution is 6.17. The molecule has 0 aliphatic carbocycles. The van der Waals surface area contributed by atoms with Crippen molar-refractivity contribution in [2.75, 3.05) is 0 Å². The highest BCUT2D eigenvalue weighted by atomic mass is 15.0. The van der Waals surface area contributed by atoms with Gasteiger partial charge in [0.2, 0.25) is 0 Å². The molecule has 0 N–H and O–H groups in total. The summed E-state index contributed by atoms with van der Waals surface area (Å²) in [5.41, 5.74) is 13.8. The predicted octanol–water partition coefficient (Wildman–Crippen LogP) is 12.7. The second-order valence-corrected chi connectivity index (χ2v) is 14.1. The van der Waals surface area contributed by atoms with E-state index in [9.17, 15) is 0 Å². The molecule has 5 nitrogen and oxygen atoms in total. The van der Waals surface area contributed by atoms with E-state index in [0.29, 0.717) is 5.82 Å². The van der Waals surface area contributed by atoms with Gasteiger partial charge in [-0.25, -0.2) is 15.0 Å². The second kappa shape index (κ2) is 13.0. The third-order valence-corrected chi connectivity index (χ3v) is 10.8. The molecular formula is C51H33N5. The number of fused-ring (bicyclic) bond motifs is 6. The molecule has 0 atom stereocenters. The van der Waals surface area contributed by atoms with Crippen molar-refractivity contribution < 1.29 is 0 Å². The Kier molecular flexibility index (Phi) is 7.42. The summed E-state index contributed by atoms with van der Waals surface area (Å²) in [6, 6.07) is 68.3. The van der Waals surface area contributed by atoms with Crippen LogP contribution in [0.2, 0.25) is 0 Å². The fraction of sp³-hybridized carbons (Fsp3) is 0. The Hall–Kier alpha value is -7.63. The van der Waals surface area contributed by atoms with Crippen molar-refractivity contribution in [2.45, 2.75) is 0 Å². The molecular weight excluding hydrogens is 683 g/mol. The van der Waals surface area contributed by atoms with Crippen LogP contribution in [0.4, 0.5) is 0 Å². The maximum Gasteiger partial charge on any atom is 0.160 e. The lowest BCUT2D eigenvalue weighted by Crippen LogP contribution is -1.97. The number of rotatable bonds is 6. The summed E-state index contributed by atoms with van der Waals surface area (Å²) in [4.78, 5) is 15.0. The van der Waals surface area contributed by atoms with E-state index in [1.165, 1.54) is 21.7 Å². The lowest BCUT2D eigenvalue weighted by atomic mass is 9.98. The van der Waals surface area contributed by atoms with Crippen molar-refractivity contribution in [3.63, 3.8) is 0 Å². The molecule has 0 amide bonds. The van der Waals surface area contributed by atoms with Crippen LogP contribution in [0, 0.1) is 0 Å². The first-order valence-electron chi connectivity index (χ1n) is 18.9. The Bertz CT molecular complexity index is 3160. The molecule has 0 spiro atoms. The van der Waals surface area contributed by atoms with Crippen LogP contribution in [-0.4, -0.2) is 24.1 Å². The Balaban J connectivity index is 1.06. The molecule has 262 valence electrons. The minimum Gasteiger partial charge on any atom is -0.309 e. The van der Waals surface area contributed by atoms with Crippen molar-refractivity contribution in [1.82, 2.24) is 24.1 Å². The molecule has 0 fully saturated rings. The van der Waals surface area contributed by atoms with E-state index < -0.39 is 0 Å². The lowest BCUT2D eigenvalue weighted by molar-refractivity contribution is 1.14. The molecule has 0 aliphatic rings. The van der Waals surface area contributed by atoms with Crippen molar-refractivity contribution in [2.24, 2.45) is 0 Å². The molecule has 4 heterocycles. The van der Waals surface area contributed by atoms with Crippen LogP contribution < -0.4 is 0 Å². The Morgan fingerprint density at radius 3 is 1.70 bits per heavy atom. The number of hydrogen-bond donors (Lipinski definition) is 0. The van der Waals surface area contributed by atoms with E-state index >= 15 is 0 Å². The molecule has 11 rings (SSSR count). The SMILES string of the molecule is c1ccc(-c2cc(-c3ccccc3)nc(-c3ccc(-n4c5ccccc5c5c(-c6ccc7c8cccnc8n(-c8ccccc8)c7c6)cccc54)cc3)n2)cc1. The Labute approximate surface area is 323 Å². The fourth-order valence-corrected chi connectivity index (χ4v) is 8.24. The highest BCUT2D eigenvalue weighted by Crippen LogP contribution is 2.41. The summed E-state index contributed by atoms with van der Waals surface area (Å²) in [6.45, 7) is 0. The van der Waals surface area contributed by atoms with Gasteiger partial charge in [0.1, 0.15) is 5.65 Å². The highest BCUT2D eigenvalue weighted by Gasteiger charge is 2.19. The van der Waals surface area contributed by atoms with Crippen molar-refractivity contribution in [3.8, 4) is 56.4 Å². The third-order valence-electron chi connectivity index (χ3n) is 10.8. The Morgan fingerprint density at radius 2 is 0.964 bits per heavy atom. The van der Waals surface area contributed by atoms with Gasteiger partial charge < -0.3 is 4.57 Å². The van der Waals surface area contributed by atoms with E-state index in [1.807, 2.05) is 48.7 Å². The molecule has 0 bridgehead atoms.